The highest BCUT2D eigenvalue weighted by molar-refractivity contribution is 7.99. The number of aryl methyl sites for hydroxylation is 4. The zero-order valence-electron chi connectivity index (χ0n) is 11.9. The molecule has 0 atom stereocenters. The highest BCUT2D eigenvalue weighted by atomic mass is 32.2. The molecule has 2 rings (SSSR count). The molecule has 0 spiro atoms. The molecule has 2 aromatic rings. The predicted molar refractivity (Wildman–Crippen MR) is 79.5 cm³/mol. The molecule has 19 heavy (non-hydrogen) atoms. The summed E-state index contributed by atoms with van der Waals surface area (Å²) in [6.45, 7) is 9.05. The monoisotopic (exact) mass is 276 g/mol. The molecule has 0 bridgehead atoms. The summed E-state index contributed by atoms with van der Waals surface area (Å²) in [5.41, 5.74) is 10.0. The second-order valence-electron chi connectivity index (χ2n) is 4.75. The van der Waals surface area contributed by atoms with Gasteiger partial charge in [-0.3, -0.25) is 4.68 Å². The van der Waals surface area contributed by atoms with Crippen molar-refractivity contribution in [1.82, 2.24) is 14.8 Å². The van der Waals surface area contributed by atoms with Gasteiger partial charge in [0.1, 0.15) is 10.1 Å². The largest absolute Gasteiger partial charge is 0.395 e. The Hall–Kier alpha value is -1.49. The van der Waals surface area contributed by atoms with Crippen molar-refractivity contribution in [3.05, 3.63) is 29.1 Å². The van der Waals surface area contributed by atoms with Gasteiger partial charge in [0.15, 0.2) is 0 Å². The van der Waals surface area contributed by atoms with Crippen molar-refractivity contribution in [1.29, 1.82) is 0 Å². The van der Waals surface area contributed by atoms with Gasteiger partial charge in [0, 0.05) is 12.2 Å². The van der Waals surface area contributed by atoms with E-state index in [0.717, 1.165) is 40.1 Å². The van der Waals surface area contributed by atoms with E-state index in [1.165, 1.54) is 5.56 Å². The second kappa shape index (κ2) is 5.65. The molecule has 0 unspecified atom stereocenters. The Bertz CT molecular complexity index is 569. The summed E-state index contributed by atoms with van der Waals surface area (Å²) >= 11 is 1.59. The number of nitrogen functional groups attached to an aromatic ring is 1. The zero-order chi connectivity index (χ0) is 14.0. The molecule has 0 aromatic carbocycles. The minimum absolute atomic E-state index is 0.763. The quantitative estimate of drug-likeness (QED) is 0.930. The van der Waals surface area contributed by atoms with Gasteiger partial charge in [-0.25, -0.2) is 4.98 Å². The Morgan fingerprint density at radius 1 is 1.26 bits per heavy atom. The van der Waals surface area contributed by atoms with Crippen LogP contribution in [0.15, 0.2) is 22.2 Å². The summed E-state index contributed by atoms with van der Waals surface area (Å²) in [5, 5.41) is 6.45. The first-order valence-corrected chi connectivity index (χ1v) is 7.29. The van der Waals surface area contributed by atoms with Crippen LogP contribution >= 0.6 is 11.8 Å². The van der Waals surface area contributed by atoms with Crippen molar-refractivity contribution >= 4 is 17.4 Å². The molecule has 0 saturated heterocycles. The molecular formula is C14H20N4S. The average molecular weight is 276 g/mol. The smallest absolute Gasteiger partial charge is 0.123 e. The average Bonchev–Trinajstić information content (AvgIpc) is 2.56. The number of hydrogen-bond acceptors (Lipinski definition) is 4. The third-order valence-corrected chi connectivity index (χ3v) is 3.88. The summed E-state index contributed by atoms with van der Waals surface area (Å²) in [7, 11) is 0. The fraction of sp³-hybridized carbons (Fsp3) is 0.429. The number of rotatable bonds is 4. The minimum Gasteiger partial charge on any atom is -0.395 e. The maximum atomic E-state index is 6.13. The summed E-state index contributed by atoms with van der Waals surface area (Å²) < 4.78 is 1.98. The molecule has 2 N–H and O–H groups in total. The van der Waals surface area contributed by atoms with Crippen molar-refractivity contribution in [2.24, 2.45) is 0 Å². The molecule has 0 radical (unpaired) electrons. The van der Waals surface area contributed by atoms with E-state index in [9.17, 15) is 0 Å². The topological polar surface area (TPSA) is 56.7 Å². The van der Waals surface area contributed by atoms with Crippen LogP contribution in [0.5, 0.6) is 0 Å². The number of anilines is 1. The third kappa shape index (κ3) is 3.10. The number of aromatic nitrogens is 3. The predicted octanol–water partition coefficient (Wildman–Crippen LogP) is 3.35. The number of hydrogen-bond donors (Lipinski definition) is 1. The molecule has 0 aliphatic carbocycles. The number of nitrogens with two attached hydrogens (primary N) is 1. The van der Waals surface area contributed by atoms with Crippen molar-refractivity contribution in [3.8, 4) is 0 Å². The SMILES string of the molecule is CCCn1nc(C)c(N)c1Sc1cc(C)cc(C)n1. The van der Waals surface area contributed by atoms with Crippen LogP contribution in [0.25, 0.3) is 0 Å². The van der Waals surface area contributed by atoms with Gasteiger partial charge in [0.05, 0.1) is 11.4 Å². The summed E-state index contributed by atoms with van der Waals surface area (Å²) in [6.07, 6.45) is 1.04. The van der Waals surface area contributed by atoms with E-state index < -0.39 is 0 Å². The minimum atomic E-state index is 0.763. The standard InChI is InChI=1S/C14H20N4S/c1-5-6-18-14(13(15)11(4)17-18)19-12-8-9(2)7-10(3)16-12/h7-8H,5-6,15H2,1-4H3. The molecule has 0 fully saturated rings. The van der Waals surface area contributed by atoms with Gasteiger partial charge in [0.2, 0.25) is 0 Å². The van der Waals surface area contributed by atoms with E-state index in [-0.39, 0.29) is 0 Å². The van der Waals surface area contributed by atoms with Gasteiger partial charge < -0.3 is 5.73 Å². The van der Waals surface area contributed by atoms with Gasteiger partial charge >= 0.3 is 0 Å². The van der Waals surface area contributed by atoms with Gasteiger partial charge in [0.25, 0.3) is 0 Å². The lowest BCUT2D eigenvalue weighted by atomic mass is 10.3. The lowest BCUT2D eigenvalue weighted by Gasteiger charge is -2.07. The van der Waals surface area contributed by atoms with Crippen LogP contribution in [0.1, 0.15) is 30.3 Å². The van der Waals surface area contributed by atoms with Crippen LogP contribution in [0.4, 0.5) is 5.69 Å². The van der Waals surface area contributed by atoms with E-state index in [2.05, 4.69) is 36.1 Å². The molecular weight excluding hydrogens is 256 g/mol. The molecule has 0 amide bonds. The van der Waals surface area contributed by atoms with Crippen LogP contribution in [-0.2, 0) is 6.54 Å². The van der Waals surface area contributed by atoms with Crippen LogP contribution in [-0.4, -0.2) is 14.8 Å². The Labute approximate surface area is 118 Å². The fourth-order valence-electron chi connectivity index (χ4n) is 2.00. The summed E-state index contributed by atoms with van der Waals surface area (Å²) in [4.78, 5) is 4.55. The molecule has 0 aliphatic rings. The maximum absolute atomic E-state index is 6.13. The van der Waals surface area contributed by atoms with Crippen molar-refractivity contribution in [3.63, 3.8) is 0 Å². The van der Waals surface area contributed by atoms with Crippen molar-refractivity contribution < 1.29 is 0 Å². The van der Waals surface area contributed by atoms with Crippen LogP contribution < -0.4 is 5.73 Å². The van der Waals surface area contributed by atoms with Gasteiger partial charge in [-0.05, 0) is 56.7 Å². The highest BCUT2D eigenvalue weighted by Crippen LogP contribution is 2.33. The molecule has 2 aromatic heterocycles. The first kappa shape index (κ1) is 13.9. The Morgan fingerprint density at radius 3 is 2.63 bits per heavy atom. The Kier molecular flexibility index (Phi) is 4.14. The maximum Gasteiger partial charge on any atom is 0.123 e. The highest BCUT2D eigenvalue weighted by Gasteiger charge is 2.14. The van der Waals surface area contributed by atoms with E-state index >= 15 is 0 Å². The molecule has 5 heteroatoms. The normalized spacial score (nSPS) is 10.9. The van der Waals surface area contributed by atoms with Crippen molar-refractivity contribution in [2.45, 2.75) is 50.7 Å². The fourth-order valence-corrected chi connectivity index (χ4v) is 3.13. The summed E-state index contributed by atoms with van der Waals surface area (Å²) in [5.74, 6) is 0. The molecule has 0 saturated carbocycles. The van der Waals surface area contributed by atoms with Crippen LogP contribution in [0.2, 0.25) is 0 Å². The first-order chi connectivity index (χ1) is 9.01. The molecule has 4 nitrogen and oxygen atoms in total. The number of pyridine rings is 1. The number of nitrogens with zero attached hydrogens (tertiary/aromatic N) is 3. The van der Waals surface area contributed by atoms with E-state index in [1.54, 1.807) is 11.8 Å². The Morgan fingerprint density at radius 2 is 2.00 bits per heavy atom. The first-order valence-electron chi connectivity index (χ1n) is 6.47. The van der Waals surface area contributed by atoms with Crippen LogP contribution in [0, 0.1) is 20.8 Å². The van der Waals surface area contributed by atoms with E-state index in [4.69, 9.17) is 5.73 Å². The zero-order valence-corrected chi connectivity index (χ0v) is 12.7. The van der Waals surface area contributed by atoms with Crippen LogP contribution in [0.3, 0.4) is 0 Å². The second-order valence-corrected chi connectivity index (χ2v) is 5.76. The lowest BCUT2D eigenvalue weighted by molar-refractivity contribution is 0.556. The summed E-state index contributed by atoms with van der Waals surface area (Å²) in [6, 6.07) is 4.15. The van der Waals surface area contributed by atoms with Gasteiger partial charge in [-0.15, -0.1) is 0 Å². The van der Waals surface area contributed by atoms with Crippen molar-refractivity contribution in [2.75, 3.05) is 5.73 Å². The third-order valence-electron chi connectivity index (χ3n) is 2.84. The molecule has 0 aliphatic heterocycles. The van der Waals surface area contributed by atoms with Gasteiger partial charge in [-0.2, -0.15) is 5.10 Å². The van der Waals surface area contributed by atoms with Gasteiger partial charge in [-0.1, -0.05) is 6.92 Å². The molecule has 102 valence electrons. The molecule has 2 heterocycles. The lowest BCUT2D eigenvalue weighted by Crippen LogP contribution is -2.01. The van der Waals surface area contributed by atoms with E-state index in [1.807, 2.05) is 18.5 Å². The van der Waals surface area contributed by atoms with E-state index in [0.29, 0.717) is 0 Å². The Balaban J connectivity index is 2.36.